The first-order valence-corrected chi connectivity index (χ1v) is 11.6. The van der Waals surface area contributed by atoms with E-state index in [1.807, 2.05) is 60.7 Å². The molecule has 1 atom stereocenters. The number of carbonyl (C=O) groups is 2. The number of nitrogens with one attached hydrogen (secondary N) is 1. The van der Waals surface area contributed by atoms with Crippen molar-refractivity contribution < 1.29 is 14.3 Å². The number of amides is 2. The Balaban J connectivity index is 2.09. The van der Waals surface area contributed by atoms with Crippen molar-refractivity contribution in [1.29, 1.82) is 0 Å². The largest absolute Gasteiger partial charge is 0.444 e. The van der Waals surface area contributed by atoms with Crippen molar-refractivity contribution in [2.75, 3.05) is 6.54 Å². The topological polar surface area (TPSA) is 58.6 Å². The number of thiophene rings is 2. The first-order valence-electron chi connectivity index (χ1n) is 9.88. The quantitative estimate of drug-likeness (QED) is 0.552. The number of unbranched alkanes of at least 4 members (excludes halogenated alkanes) is 1. The molecule has 0 aliphatic rings. The van der Waals surface area contributed by atoms with E-state index >= 15 is 0 Å². The Morgan fingerprint density at radius 3 is 2.38 bits per heavy atom. The lowest BCUT2D eigenvalue weighted by Gasteiger charge is -2.29. The molecule has 0 spiro atoms. The van der Waals surface area contributed by atoms with E-state index in [1.165, 1.54) is 0 Å². The second-order valence-corrected chi connectivity index (χ2v) is 10.0. The molecule has 0 bridgehead atoms. The highest BCUT2D eigenvalue weighted by atomic mass is 32.1. The summed E-state index contributed by atoms with van der Waals surface area (Å²) in [7, 11) is 0. The van der Waals surface area contributed by atoms with E-state index in [4.69, 9.17) is 4.74 Å². The molecule has 2 amide bonds. The third-order valence-corrected chi connectivity index (χ3v) is 5.89. The normalized spacial score (nSPS) is 12.4. The average molecular weight is 436 g/mol. The van der Waals surface area contributed by atoms with Crippen molar-refractivity contribution in [3.05, 3.63) is 51.7 Å². The first kappa shape index (κ1) is 23.4. The summed E-state index contributed by atoms with van der Waals surface area (Å²) >= 11 is 3.21. The van der Waals surface area contributed by atoms with Crippen LogP contribution >= 0.6 is 22.7 Å². The van der Waals surface area contributed by atoms with Crippen LogP contribution in [0, 0.1) is 6.92 Å². The minimum atomic E-state index is -0.563. The third kappa shape index (κ3) is 9.00. The lowest BCUT2D eigenvalue weighted by molar-refractivity contribution is -0.131. The smallest absolute Gasteiger partial charge is 0.407 e. The molecule has 7 heteroatoms. The van der Waals surface area contributed by atoms with Crippen LogP contribution in [-0.4, -0.2) is 35.1 Å². The standard InChI is InChI=1S/C22H31N2O3S2/c1-5-6-9-17(23-21(26)27-22(2,3)4)15-24(16-19-11-8-13-29-19)20(25)14-18-10-7-12-28-18/h7-8,10-13,17H,1,5-6,9,14-16H2,2-4H3,(H,23,26)/t17-/m0/s1. The lowest BCUT2D eigenvalue weighted by atomic mass is 10.1. The molecular weight excluding hydrogens is 404 g/mol. The summed E-state index contributed by atoms with van der Waals surface area (Å²) in [6.07, 6.45) is 2.31. The third-order valence-electron chi connectivity index (χ3n) is 4.15. The number of carbonyl (C=O) groups excluding carboxylic acids is 2. The van der Waals surface area contributed by atoms with Crippen LogP contribution in [-0.2, 0) is 22.5 Å². The monoisotopic (exact) mass is 435 g/mol. The van der Waals surface area contributed by atoms with Crippen LogP contribution in [0.5, 0.6) is 0 Å². The van der Waals surface area contributed by atoms with Crippen LogP contribution in [0.2, 0.25) is 0 Å². The molecule has 1 N–H and O–H groups in total. The molecule has 0 unspecified atom stereocenters. The van der Waals surface area contributed by atoms with Crippen LogP contribution in [0.1, 0.15) is 49.8 Å². The fourth-order valence-electron chi connectivity index (χ4n) is 2.86. The fourth-order valence-corrected chi connectivity index (χ4v) is 4.27. The van der Waals surface area contributed by atoms with Crippen LogP contribution < -0.4 is 5.32 Å². The zero-order valence-corrected chi connectivity index (χ0v) is 19.1. The Morgan fingerprint density at radius 1 is 1.17 bits per heavy atom. The van der Waals surface area contributed by atoms with Crippen LogP contribution in [0.4, 0.5) is 4.79 Å². The maximum atomic E-state index is 13.0. The van der Waals surface area contributed by atoms with Gasteiger partial charge in [0, 0.05) is 22.3 Å². The Morgan fingerprint density at radius 2 is 1.83 bits per heavy atom. The molecule has 2 heterocycles. The molecule has 0 fully saturated rings. The summed E-state index contributed by atoms with van der Waals surface area (Å²) in [5, 5.41) is 6.95. The second kappa shape index (κ2) is 11.4. The molecule has 0 saturated carbocycles. The molecule has 0 saturated heterocycles. The molecular formula is C22H31N2O3S2. The summed E-state index contributed by atoms with van der Waals surface area (Å²) in [5.41, 5.74) is -0.563. The van der Waals surface area contributed by atoms with Crippen molar-refractivity contribution in [3.63, 3.8) is 0 Å². The predicted octanol–water partition coefficient (Wildman–Crippen LogP) is 5.28. The number of rotatable bonds is 10. The van der Waals surface area contributed by atoms with Crippen LogP contribution in [0.3, 0.4) is 0 Å². The maximum absolute atomic E-state index is 13.0. The summed E-state index contributed by atoms with van der Waals surface area (Å²) in [6.45, 7) is 10.4. The van der Waals surface area contributed by atoms with Gasteiger partial charge in [-0.25, -0.2) is 4.79 Å². The van der Waals surface area contributed by atoms with E-state index in [2.05, 4.69) is 12.2 Å². The SMILES string of the molecule is [CH2]CCC[C@@H](CN(Cc1cccs1)C(=O)Cc1cccs1)NC(=O)OC(C)(C)C. The van der Waals surface area contributed by atoms with E-state index in [0.717, 1.165) is 29.0 Å². The van der Waals surface area contributed by atoms with E-state index in [-0.39, 0.29) is 11.9 Å². The molecule has 0 aliphatic carbocycles. The summed E-state index contributed by atoms with van der Waals surface area (Å²) in [6, 6.07) is 7.77. The van der Waals surface area contributed by atoms with Gasteiger partial charge < -0.3 is 15.0 Å². The van der Waals surface area contributed by atoms with Gasteiger partial charge in [-0.2, -0.15) is 0 Å². The van der Waals surface area contributed by atoms with Gasteiger partial charge in [-0.3, -0.25) is 4.79 Å². The number of alkyl carbamates (subject to hydrolysis) is 1. The van der Waals surface area contributed by atoms with Gasteiger partial charge in [0.05, 0.1) is 13.0 Å². The van der Waals surface area contributed by atoms with Crippen LogP contribution in [0.15, 0.2) is 35.0 Å². The van der Waals surface area contributed by atoms with Crippen LogP contribution in [0.25, 0.3) is 0 Å². The van der Waals surface area contributed by atoms with E-state index < -0.39 is 11.7 Å². The van der Waals surface area contributed by atoms with Crippen molar-refractivity contribution in [2.45, 2.75) is 64.6 Å². The van der Waals surface area contributed by atoms with E-state index in [1.54, 1.807) is 22.7 Å². The second-order valence-electron chi connectivity index (χ2n) is 7.95. The Kier molecular flexibility index (Phi) is 9.17. The zero-order chi connectivity index (χ0) is 21.3. The highest BCUT2D eigenvalue weighted by Crippen LogP contribution is 2.17. The van der Waals surface area contributed by atoms with Gasteiger partial charge in [-0.05, 0) is 50.1 Å². The van der Waals surface area contributed by atoms with E-state index in [0.29, 0.717) is 19.5 Å². The minimum absolute atomic E-state index is 0.0615. The highest BCUT2D eigenvalue weighted by Gasteiger charge is 2.24. The van der Waals surface area contributed by atoms with Gasteiger partial charge in [-0.15, -0.1) is 22.7 Å². The Bertz CT molecular complexity index is 737. The lowest BCUT2D eigenvalue weighted by Crippen LogP contribution is -2.47. The van der Waals surface area contributed by atoms with Crippen molar-refractivity contribution in [2.24, 2.45) is 0 Å². The Hall–Kier alpha value is -1.86. The van der Waals surface area contributed by atoms with Crippen molar-refractivity contribution in [3.8, 4) is 0 Å². The summed E-state index contributed by atoms with van der Waals surface area (Å²) in [4.78, 5) is 29.4. The summed E-state index contributed by atoms with van der Waals surface area (Å²) in [5.74, 6) is 0.0615. The average Bonchev–Trinajstić information content (AvgIpc) is 3.31. The molecule has 2 aromatic rings. The first-order chi connectivity index (χ1) is 13.8. The summed E-state index contributed by atoms with van der Waals surface area (Å²) < 4.78 is 5.42. The molecule has 0 aromatic carbocycles. The van der Waals surface area contributed by atoms with Gasteiger partial charge in [0.25, 0.3) is 0 Å². The molecule has 0 aliphatic heterocycles. The Labute approximate surface area is 182 Å². The van der Waals surface area contributed by atoms with Gasteiger partial charge in [0.15, 0.2) is 0 Å². The minimum Gasteiger partial charge on any atom is -0.444 e. The molecule has 1 radical (unpaired) electrons. The van der Waals surface area contributed by atoms with Gasteiger partial charge in [-0.1, -0.05) is 31.9 Å². The number of hydrogen-bond acceptors (Lipinski definition) is 5. The molecule has 159 valence electrons. The predicted molar refractivity (Wildman–Crippen MR) is 120 cm³/mol. The fraction of sp³-hybridized carbons (Fsp3) is 0.500. The van der Waals surface area contributed by atoms with Gasteiger partial charge >= 0.3 is 6.09 Å². The van der Waals surface area contributed by atoms with Gasteiger partial charge in [0.2, 0.25) is 5.91 Å². The van der Waals surface area contributed by atoms with Crippen molar-refractivity contribution >= 4 is 34.7 Å². The number of ether oxygens (including phenoxy) is 1. The maximum Gasteiger partial charge on any atom is 0.407 e. The number of hydrogen-bond donors (Lipinski definition) is 1. The molecule has 5 nitrogen and oxygen atoms in total. The van der Waals surface area contributed by atoms with Gasteiger partial charge in [0.1, 0.15) is 5.60 Å². The zero-order valence-electron chi connectivity index (χ0n) is 17.5. The molecule has 29 heavy (non-hydrogen) atoms. The number of nitrogens with zero attached hydrogens (tertiary/aromatic N) is 1. The highest BCUT2D eigenvalue weighted by molar-refractivity contribution is 7.10. The molecule has 2 rings (SSSR count). The van der Waals surface area contributed by atoms with E-state index in [9.17, 15) is 9.59 Å². The van der Waals surface area contributed by atoms with Crippen molar-refractivity contribution in [1.82, 2.24) is 10.2 Å². The molecule has 2 aromatic heterocycles.